The van der Waals surface area contributed by atoms with Gasteiger partial charge in [-0.3, -0.25) is 4.79 Å². The largest absolute Gasteiger partial charge is 0.323 e. The standard InChI is InChI=1S/C6H6I2N4O/c1-3(13)11-6-4(12-8)5(7)9-2-10-6/h2,12H,1H3,(H,9,10,11,13). The van der Waals surface area contributed by atoms with Gasteiger partial charge in [0.15, 0.2) is 5.82 Å². The second kappa shape index (κ2) is 4.88. The summed E-state index contributed by atoms with van der Waals surface area (Å²) in [6.07, 6.45) is 1.41. The number of carbonyl (C=O) groups is 1. The highest BCUT2D eigenvalue weighted by Gasteiger charge is 2.08. The molecule has 0 bridgehead atoms. The summed E-state index contributed by atoms with van der Waals surface area (Å²) >= 11 is 4.03. The number of rotatable bonds is 2. The maximum absolute atomic E-state index is 10.8. The van der Waals surface area contributed by atoms with Gasteiger partial charge in [0.25, 0.3) is 0 Å². The summed E-state index contributed by atoms with van der Waals surface area (Å²) in [5.41, 5.74) is 0.721. The first-order valence-electron chi connectivity index (χ1n) is 3.30. The first-order valence-corrected chi connectivity index (χ1v) is 5.45. The zero-order valence-electron chi connectivity index (χ0n) is 6.64. The van der Waals surface area contributed by atoms with Crippen LogP contribution in [0.25, 0.3) is 0 Å². The minimum Gasteiger partial charge on any atom is -0.323 e. The molecule has 0 aliphatic heterocycles. The number of nitrogens with zero attached hydrogens (tertiary/aromatic N) is 2. The van der Waals surface area contributed by atoms with Crippen LogP contribution in [0.3, 0.4) is 0 Å². The van der Waals surface area contributed by atoms with Gasteiger partial charge in [-0.05, 0) is 22.6 Å². The normalized spacial score (nSPS) is 9.46. The van der Waals surface area contributed by atoms with E-state index in [0.717, 1.165) is 9.39 Å². The molecule has 13 heavy (non-hydrogen) atoms. The summed E-state index contributed by atoms with van der Waals surface area (Å²) in [5.74, 6) is 0.351. The van der Waals surface area contributed by atoms with Gasteiger partial charge in [-0.15, -0.1) is 0 Å². The molecule has 0 aromatic carbocycles. The van der Waals surface area contributed by atoms with E-state index in [1.54, 1.807) is 0 Å². The van der Waals surface area contributed by atoms with E-state index in [4.69, 9.17) is 0 Å². The van der Waals surface area contributed by atoms with Gasteiger partial charge >= 0.3 is 0 Å². The molecule has 70 valence electrons. The number of carbonyl (C=O) groups excluding carboxylic acids is 1. The highest BCUT2D eigenvalue weighted by Crippen LogP contribution is 2.24. The average Bonchev–Trinajstić information content (AvgIpc) is 2.03. The lowest BCUT2D eigenvalue weighted by Gasteiger charge is -2.07. The molecule has 0 aliphatic rings. The molecule has 7 heteroatoms. The van der Waals surface area contributed by atoms with E-state index in [0.29, 0.717) is 5.82 Å². The molecule has 1 aromatic rings. The fourth-order valence-electron chi connectivity index (χ4n) is 0.709. The monoisotopic (exact) mass is 404 g/mol. The van der Waals surface area contributed by atoms with Crippen molar-refractivity contribution in [2.45, 2.75) is 6.92 Å². The van der Waals surface area contributed by atoms with Crippen molar-refractivity contribution in [2.24, 2.45) is 0 Å². The Morgan fingerprint density at radius 2 is 2.23 bits per heavy atom. The molecular formula is C6H6I2N4O. The highest BCUT2D eigenvalue weighted by molar-refractivity contribution is 14.1. The molecule has 1 rings (SSSR count). The number of nitrogens with one attached hydrogen (secondary N) is 2. The van der Waals surface area contributed by atoms with Gasteiger partial charge < -0.3 is 8.85 Å². The third-order valence-electron chi connectivity index (χ3n) is 1.19. The average molecular weight is 404 g/mol. The number of halogens is 2. The second-order valence-corrected chi connectivity index (χ2v) is 3.72. The second-order valence-electron chi connectivity index (χ2n) is 2.16. The number of amides is 1. The summed E-state index contributed by atoms with van der Waals surface area (Å²) in [5, 5.41) is 2.60. The molecule has 1 heterocycles. The molecular weight excluding hydrogens is 398 g/mol. The van der Waals surface area contributed by atoms with E-state index in [9.17, 15) is 4.79 Å². The van der Waals surface area contributed by atoms with Crippen molar-refractivity contribution in [1.29, 1.82) is 0 Å². The molecule has 0 unspecified atom stereocenters. The SMILES string of the molecule is CC(=O)Nc1ncnc(I)c1NI. The molecule has 0 saturated heterocycles. The van der Waals surface area contributed by atoms with Gasteiger partial charge in [-0.25, -0.2) is 9.97 Å². The quantitative estimate of drug-likeness (QED) is 0.449. The van der Waals surface area contributed by atoms with Gasteiger partial charge in [-0.1, -0.05) is 0 Å². The van der Waals surface area contributed by atoms with Gasteiger partial charge in [0.1, 0.15) is 15.7 Å². The summed E-state index contributed by atoms with van der Waals surface area (Å²) in [4.78, 5) is 18.7. The predicted molar refractivity (Wildman–Crippen MR) is 66.7 cm³/mol. The number of hydrogen-bond donors (Lipinski definition) is 2. The smallest absolute Gasteiger partial charge is 0.222 e. The molecule has 0 spiro atoms. The minimum atomic E-state index is -0.151. The van der Waals surface area contributed by atoms with Crippen LogP contribution in [0, 0.1) is 3.70 Å². The van der Waals surface area contributed by atoms with Crippen molar-refractivity contribution < 1.29 is 4.79 Å². The zero-order chi connectivity index (χ0) is 9.84. The molecule has 1 aromatic heterocycles. The Kier molecular flexibility index (Phi) is 4.09. The lowest BCUT2D eigenvalue weighted by Crippen LogP contribution is -2.10. The molecule has 5 nitrogen and oxygen atoms in total. The van der Waals surface area contributed by atoms with Crippen molar-refractivity contribution >= 4 is 62.9 Å². The molecule has 0 atom stereocenters. The van der Waals surface area contributed by atoms with Crippen LogP contribution in [0.4, 0.5) is 11.5 Å². The summed E-state index contributed by atoms with van der Waals surface area (Å²) in [6, 6.07) is 0. The minimum absolute atomic E-state index is 0.151. The van der Waals surface area contributed by atoms with E-state index in [-0.39, 0.29) is 5.91 Å². The van der Waals surface area contributed by atoms with Gasteiger partial charge in [-0.2, -0.15) is 0 Å². The van der Waals surface area contributed by atoms with Crippen molar-refractivity contribution in [1.82, 2.24) is 9.97 Å². The van der Waals surface area contributed by atoms with Crippen LogP contribution in [0.15, 0.2) is 6.33 Å². The Bertz CT molecular complexity index is 330. The fraction of sp³-hybridized carbons (Fsp3) is 0.167. The molecule has 0 aliphatic carbocycles. The van der Waals surface area contributed by atoms with E-state index in [1.807, 2.05) is 22.9 Å². The summed E-state index contributed by atoms with van der Waals surface area (Å²) in [7, 11) is 0. The topological polar surface area (TPSA) is 66.9 Å². The van der Waals surface area contributed by atoms with Crippen LogP contribution in [-0.2, 0) is 4.79 Å². The first kappa shape index (κ1) is 10.9. The Morgan fingerprint density at radius 1 is 1.54 bits per heavy atom. The predicted octanol–water partition coefficient (Wildman–Crippen LogP) is 1.80. The lowest BCUT2D eigenvalue weighted by molar-refractivity contribution is -0.114. The van der Waals surface area contributed by atoms with E-state index >= 15 is 0 Å². The third-order valence-corrected chi connectivity index (χ3v) is 2.55. The molecule has 0 fully saturated rings. The number of anilines is 2. The van der Waals surface area contributed by atoms with Crippen LogP contribution in [0.2, 0.25) is 0 Å². The van der Waals surface area contributed by atoms with Crippen molar-refractivity contribution in [2.75, 3.05) is 8.85 Å². The molecule has 1 amide bonds. The van der Waals surface area contributed by atoms with Gasteiger partial charge in [0.05, 0.1) is 22.9 Å². The van der Waals surface area contributed by atoms with E-state index in [2.05, 4.69) is 41.4 Å². The van der Waals surface area contributed by atoms with Gasteiger partial charge in [0.2, 0.25) is 5.91 Å². The van der Waals surface area contributed by atoms with Crippen molar-refractivity contribution in [3.8, 4) is 0 Å². The Morgan fingerprint density at radius 3 is 2.77 bits per heavy atom. The molecule has 0 radical (unpaired) electrons. The third kappa shape index (κ3) is 2.90. The van der Waals surface area contributed by atoms with Crippen molar-refractivity contribution in [3.05, 3.63) is 10.0 Å². The highest BCUT2D eigenvalue weighted by atomic mass is 127. The maximum atomic E-state index is 10.8. The van der Waals surface area contributed by atoms with E-state index in [1.165, 1.54) is 13.3 Å². The number of hydrogen-bond acceptors (Lipinski definition) is 4. The van der Waals surface area contributed by atoms with Crippen LogP contribution in [-0.4, -0.2) is 15.9 Å². The Labute approximate surface area is 103 Å². The summed E-state index contributed by atoms with van der Waals surface area (Å²) in [6.45, 7) is 1.44. The Hall–Kier alpha value is -0.190. The van der Waals surface area contributed by atoms with Crippen LogP contribution in [0.1, 0.15) is 6.92 Å². The maximum Gasteiger partial charge on any atom is 0.222 e. The Balaban J connectivity index is 3.05. The summed E-state index contributed by atoms with van der Waals surface area (Å²) < 4.78 is 3.66. The molecule has 2 N–H and O–H groups in total. The first-order chi connectivity index (χ1) is 6.15. The van der Waals surface area contributed by atoms with Crippen LogP contribution >= 0.6 is 45.5 Å². The van der Waals surface area contributed by atoms with E-state index < -0.39 is 0 Å². The van der Waals surface area contributed by atoms with Crippen molar-refractivity contribution in [3.63, 3.8) is 0 Å². The van der Waals surface area contributed by atoms with Gasteiger partial charge in [0, 0.05) is 6.92 Å². The molecule has 0 saturated carbocycles. The van der Waals surface area contributed by atoms with Crippen LogP contribution in [0.5, 0.6) is 0 Å². The number of aromatic nitrogens is 2. The zero-order valence-corrected chi connectivity index (χ0v) is 11.0. The van der Waals surface area contributed by atoms with Crippen LogP contribution < -0.4 is 8.85 Å². The lowest BCUT2D eigenvalue weighted by atomic mass is 10.5. The fourth-order valence-corrected chi connectivity index (χ4v) is 2.25.